The van der Waals surface area contributed by atoms with Gasteiger partial charge in [-0.3, -0.25) is 4.79 Å². The Morgan fingerprint density at radius 1 is 0.964 bits per heavy atom. The largest absolute Gasteiger partial charge is 0.507 e. The van der Waals surface area contributed by atoms with Crippen LogP contribution in [0.1, 0.15) is 34.8 Å². The van der Waals surface area contributed by atoms with Crippen LogP contribution in [-0.2, 0) is 0 Å². The zero-order valence-corrected chi connectivity index (χ0v) is 15.4. The van der Waals surface area contributed by atoms with Gasteiger partial charge in [0, 0.05) is 6.54 Å². The Balaban J connectivity index is 1.48. The first-order valence-electron chi connectivity index (χ1n) is 9.63. The fourth-order valence-corrected chi connectivity index (χ4v) is 4.18. The van der Waals surface area contributed by atoms with Crippen molar-refractivity contribution in [2.45, 2.75) is 18.9 Å². The van der Waals surface area contributed by atoms with Crippen LogP contribution in [0.15, 0.2) is 54.6 Å². The fraction of sp³-hybridized carbons (Fsp3) is 0.261. The van der Waals surface area contributed by atoms with E-state index in [-0.39, 0.29) is 17.7 Å². The Morgan fingerprint density at radius 2 is 1.71 bits per heavy atom. The smallest absolute Gasteiger partial charge is 0.258 e. The first-order chi connectivity index (χ1) is 13.7. The van der Waals surface area contributed by atoms with Crippen LogP contribution in [-0.4, -0.2) is 35.7 Å². The van der Waals surface area contributed by atoms with Gasteiger partial charge in [0.15, 0.2) is 11.5 Å². The number of amides is 1. The van der Waals surface area contributed by atoms with Crippen LogP contribution < -0.4 is 9.47 Å². The van der Waals surface area contributed by atoms with Gasteiger partial charge in [-0.25, -0.2) is 0 Å². The highest BCUT2D eigenvalue weighted by Crippen LogP contribution is 2.39. The van der Waals surface area contributed by atoms with E-state index in [1.165, 1.54) is 0 Å². The molecule has 5 nitrogen and oxygen atoms in total. The summed E-state index contributed by atoms with van der Waals surface area (Å²) in [5.74, 6) is 1.37. The highest BCUT2D eigenvalue weighted by molar-refractivity contribution is 6.01. The van der Waals surface area contributed by atoms with Crippen LogP contribution in [0.25, 0.3) is 10.8 Å². The van der Waals surface area contributed by atoms with Gasteiger partial charge >= 0.3 is 0 Å². The minimum Gasteiger partial charge on any atom is -0.507 e. The molecule has 1 N–H and O–H groups in total. The molecular formula is C23H21NO4. The summed E-state index contributed by atoms with van der Waals surface area (Å²) < 4.78 is 11.3. The molecule has 1 amide bonds. The van der Waals surface area contributed by atoms with E-state index in [2.05, 4.69) is 0 Å². The van der Waals surface area contributed by atoms with Crippen molar-refractivity contribution in [3.63, 3.8) is 0 Å². The number of carbonyl (C=O) groups excluding carboxylic acids is 1. The molecule has 2 aliphatic heterocycles. The summed E-state index contributed by atoms with van der Waals surface area (Å²) in [7, 11) is 0. The first kappa shape index (κ1) is 16.9. The lowest BCUT2D eigenvalue weighted by Gasteiger charge is -2.27. The molecule has 0 saturated carbocycles. The quantitative estimate of drug-likeness (QED) is 0.726. The van der Waals surface area contributed by atoms with E-state index >= 15 is 0 Å². The van der Waals surface area contributed by atoms with Gasteiger partial charge in [0.25, 0.3) is 5.91 Å². The van der Waals surface area contributed by atoms with Crippen LogP contribution in [0, 0.1) is 0 Å². The Labute approximate surface area is 163 Å². The number of hydrogen-bond donors (Lipinski definition) is 1. The molecule has 1 fully saturated rings. The summed E-state index contributed by atoms with van der Waals surface area (Å²) in [6, 6.07) is 17.0. The van der Waals surface area contributed by atoms with Crippen LogP contribution in [0.5, 0.6) is 17.2 Å². The standard InChI is InChI=1S/C23H21NO4/c25-20-13-16-5-2-1-4-15(16)12-18(20)23(26)24-9-3-6-19(24)17-7-8-21-22(14-17)28-11-10-27-21/h1-2,4-5,7-8,12-14,19,25H,3,6,9-11H2. The highest BCUT2D eigenvalue weighted by Gasteiger charge is 2.32. The molecule has 5 heteroatoms. The summed E-state index contributed by atoms with van der Waals surface area (Å²) in [5.41, 5.74) is 1.39. The Kier molecular flexibility index (Phi) is 4.08. The van der Waals surface area contributed by atoms with Gasteiger partial charge in [0.2, 0.25) is 0 Å². The fourth-order valence-electron chi connectivity index (χ4n) is 4.18. The average molecular weight is 375 g/mol. The molecule has 28 heavy (non-hydrogen) atoms. The summed E-state index contributed by atoms with van der Waals surface area (Å²) in [6.45, 7) is 1.76. The lowest BCUT2D eigenvalue weighted by molar-refractivity contribution is 0.0732. The number of likely N-dealkylation sites (tertiary alicyclic amines) is 1. The van der Waals surface area contributed by atoms with E-state index in [1.54, 1.807) is 12.1 Å². The second-order valence-corrected chi connectivity index (χ2v) is 7.28. The minimum atomic E-state index is -0.138. The number of carbonyl (C=O) groups is 1. The van der Waals surface area contributed by atoms with Crippen molar-refractivity contribution in [1.29, 1.82) is 0 Å². The molecule has 2 heterocycles. The second kappa shape index (κ2) is 6.75. The van der Waals surface area contributed by atoms with Crippen molar-refractivity contribution in [3.8, 4) is 17.2 Å². The number of phenolic OH excluding ortho intramolecular Hbond substituents is 1. The maximum Gasteiger partial charge on any atom is 0.258 e. The van der Waals surface area contributed by atoms with E-state index in [9.17, 15) is 9.90 Å². The molecule has 5 rings (SSSR count). The SMILES string of the molecule is O=C(c1cc2ccccc2cc1O)N1CCCC1c1ccc2c(c1)OCCO2. The number of hydrogen-bond acceptors (Lipinski definition) is 4. The van der Waals surface area contributed by atoms with Crippen LogP contribution in [0.3, 0.4) is 0 Å². The van der Waals surface area contributed by atoms with E-state index in [1.807, 2.05) is 47.4 Å². The van der Waals surface area contributed by atoms with Gasteiger partial charge in [-0.2, -0.15) is 0 Å². The second-order valence-electron chi connectivity index (χ2n) is 7.28. The zero-order valence-electron chi connectivity index (χ0n) is 15.4. The zero-order chi connectivity index (χ0) is 19.1. The Bertz CT molecular complexity index is 1060. The topological polar surface area (TPSA) is 59.0 Å². The van der Waals surface area contributed by atoms with Crippen molar-refractivity contribution in [3.05, 3.63) is 65.7 Å². The molecule has 3 aromatic carbocycles. The lowest BCUT2D eigenvalue weighted by Crippen LogP contribution is -2.30. The van der Waals surface area contributed by atoms with E-state index in [4.69, 9.17) is 9.47 Å². The van der Waals surface area contributed by atoms with E-state index in [0.717, 1.165) is 40.7 Å². The molecule has 0 bridgehead atoms. The third kappa shape index (κ3) is 2.83. The molecule has 0 spiro atoms. The normalized spacial score (nSPS) is 18.4. The Morgan fingerprint density at radius 3 is 2.54 bits per heavy atom. The number of fused-ring (bicyclic) bond motifs is 2. The van der Waals surface area contributed by atoms with Crippen LogP contribution >= 0.6 is 0 Å². The number of benzene rings is 3. The monoisotopic (exact) mass is 375 g/mol. The predicted octanol–water partition coefficient (Wildman–Crippen LogP) is 4.29. The average Bonchev–Trinajstić information content (AvgIpc) is 3.22. The van der Waals surface area contributed by atoms with Gasteiger partial charge in [-0.05, 0) is 53.4 Å². The maximum absolute atomic E-state index is 13.3. The minimum absolute atomic E-state index is 0.0246. The number of phenols is 1. The number of nitrogens with zero attached hydrogens (tertiary/aromatic N) is 1. The summed E-state index contributed by atoms with van der Waals surface area (Å²) >= 11 is 0. The molecule has 0 aromatic heterocycles. The van der Waals surface area contributed by atoms with Crippen LogP contribution in [0.2, 0.25) is 0 Å². The summed E-state index contributed by atoms with van der Waals surface area (Å²) in [4.78, 5) is 15.2. The number of aromatic hydroxyl groups is 1. The third-order valence-electron chi connectivity index (χ3n) is 5.56. The third-order valence-corrected chi connectivity index (χ3v) is 5.56. The van der Waals surface area contributed by atoms with Crippen molar-refractivity contribution in [1.82, 2.24) is 4.90 Å². The molecule has 2 aliphatic rings. The molecule has 142 valence electrons. The molecule has 1 saturated heterocycles. The lowest BCUT2D eigenvalue weighted by atomic mass is 10.0. The highest BCUT2D eigenvalue weighted by atomic mass is 16.6. The van der Waals surface area contributed by atoms with Crippen molar-refractivity contribution in [2.75, 3.05) is 19.8 Å². The van der Waals surface area contributed by atoms with Gasteiger partial charge in [-0.1, -0.05) is 30.3 Å². The van der Waals surface area contributed by atoms with Gasteiger partial charge in [0.1, 0.15) is 19.0 Å². The van der Waals surface area contributed by atoms with Crippen LogP contribution in [0.4, 0.5) is 0 Å². The summed E-state index contributed by atoms with van der Waals surface area (Å²) in [5, 5.41) is 12.3. The maximum atomic E-state index is 13.3. The number of rotatable bonds is 2. The molecule has 1 unspecified atom stereocenters. The predicted molar refractivity (Wildman–Crippen MR) is 106 cm³/mol. The molecular weight excluding hydrogens is 354 g/mol. The van der Waals surface area contributed by atoms with Crippen molar-refractivity contribution in [2.24, 2.45) is 0 Å². The first-order valence-corrected chi connectivity index (χ1v) is 9.63. The van der Waals surface area contributed by atoms with Crippen molar-refractivity contribution >= 4 is 16.7 Å². The molecule has 0 aliphatic carbocycles. The van der Waals surface area contributed by atoms with E-state index < -0.39 is 0 Å². The van der Waals surface area contributed by atoms with Gasteiger partial charge in [-0.15, -0.1) is 0 Å². The number of ether oxygens (including phenoxy) is 2. The Hall–Kier alpha value is -3.21. The molecule has 0 radical (unpaired) electrons. The van der Waals surface area contributed by atoms with E-state index in [0.29, 0.717) is 25.3 Å². The van der Waals surface area contributed by atoms with Crippen molar-refractivity contribution < 1.29 is 19.4 Å². The van der Waals surface area contributed by atoms with Gasteiger partial charge < -0.3 is 19.5 Å². The molecule has 3 aromatic rings. The summed E-state index contributed by atoms with van der Waals surface area (Å²) in [6.07, 6.45) is 1.82. The molecule has 1 atom stereocenters. The van der Waals surface area contributed by atoms with Gasteiger partial charge in [0.05, 0.1) is 11.6 Å².